The van der Waals surface area contributed by atoms with Crippen molar-refractivity contribution in [3.05, 3.63) is 29.8 Å². The van der Waals surface area contributed by atoms with Crippen molar-refractivity contribution in [2.24, 2.45) is 22.8 Å². The van der Waals surface area contributed by atoms with Gasteiger partial charge in [-0.2, -0.15) is 0 Å². The van der Waals surface area contributed by atoms with Crippen LogP contribution in [0.5, 0.6) is 0 Å². The van der Waals surface area contributed by atoms with E-state index < -0.39 is 70.4 Å². The van der Waals surface area contributed by atoms with Gasteiger partial charge in [0.1, 0.15) is 18.7 Å². The fraction of sp³-hybridized carbons (Fsp3) is 0.590. The van der Waals surface area contributed by atoms with E-state index in [1.54, 1.807) is 38.1 Å². The van der Waals surface area contributed by atoms with E-state index >= 15 is 0 Å². The Morgan fingerprint density at radius 1 is 0.883 bits per heavy atom. The summed E-state index contributed by atoms with van der Waals surface area (Å²) in [6, 6.07) is 3.66. The average Bonchev–Trinajstić information content (AvgIpc) is 3.81. The summed E-state index contributed by atoms with van der Waals surface area (Å²) in [5, 5.41) is 10.6. The summed E-state index contributed by atoms with van der Waals surface area (Å²) >= 11 is 1.32. The molecule has 2 saturated heterocycles. The van der Waals surface area contributed by atoms with E-state index in [9.17, 15) is 47.9 Å². The molecule has 3 atom stereocenters. The number of unbranched alkanes of at least 4 members (excludes halogenated alkanes) is 2. The maximum atomic E-state index is 13.5. The van der Waals surface area contributed by atoms with Crippen LogP contribution in [-0.2, 0) is 54.5 Å². The molecule has 10 amide bonds. The van der Waals surface area contributed by atoms with Crippen LogP contribution in [0.2, 0.25) is 0 Å². The monoisotopic (exact) mass is 858 g/mol. The number of rotatable bonds is 24. The molecule has 2 heterocycles. The van der Waals surface area contributed by atoms with E-state index in [0.29, 0.717) is 47.8 Å². The third kappa shape index (κ3) is 14.5. The Labute approximate surface area is 351 Å². The van der Waals surface area contributed by atoms with Crippen molar-refractivity contribution >= 4 is 76.9 Å². The van der Waals surface area contributed by atoms with E-state index in [1.807, 2.05) is 0 Å². The molecule has 0 aromatic heterocycles. The highest BCUT2D eigenvalue weighted by atomic mass is 32.2. The predicted molar refractivity (Wildman–Crippen MR) is 214 cm³/mol. The van der Waals surface area contributed by atoms with Crippen molar-refractivity contribution in [3.63, 3.8) is 0 Å². The second kappa shape index (κ2) is 22.0. The number of nitrogens with two attached hydrogens (primary N) is 2. The van der Waals surface area contributed by atoms with Gasteiger partial charge >= 0.3 is 18.1 Å². The molecule has 0 spiro atoms. The first kappa shape index (κ1) is 47.0. The number of carbonyl (C=O) groups excluding carboxylic acids is 10. The van der Waals surface area contributed by atoms with Gasteiger partial charge in [0.2, 0.25) is 29.5 Å². The first-order chi connectivity index (χ1) is 28.5. The lowest BCUT2D eigenvalue weighted by Crippen LogP contribution is -2.54. The minimum Gasteiger partial charge on any atom is -0.445 e. The van der Waals surface area contributed by atoms with Crippen molar-refractivity contribution in [2.45, 2.75) is 115 Å². The fourth-order valence-electron chi connectivity index (χ4n) is 6.57. The Morgan fingerprint density at radius 2 is 1.57 bits per heavy atom. The van der Waals surface area contributed by atoms with Crippen molar-refractivity contribution in [1.82, 2.24) is 25.9 Å². The molecule has 0 radical (unpaired) electrons. The first-order valence-electron chi connectivity index (χ1n) is 19.9. The number of anilines is 1. The highest BCUT2D eigenvalue weighted by Gasteiger charge is 2.48. The molecule has 2 aliphatic heterocycles. The van der Waals surface area contributed by atoms with E-state index in [4.69, 9.17) is 21.0 Å². The highest BCUT2D eigenvalue weighted by Crippen LogP contribution is 2.52. The van der Waals surface area contributed by atoms with E-state index in [1.165, 1.54) is 16.7 Å². The second-order valence-corrected chi connectivity index (χ2v) is 16.7. The summed E-state index contributed by atoms with van der Waals surface area (Å²) in [6.45, 7) is 3.78. The van der Waals surface area contributed by atoms with Crippen molar-refractivity contribution in [2.75, 3.05) is 24.2 Å². The molecule has 1 aromatic rings. The highest BCUT2D eigenvalue weighted by molar-refractivity contribution is 8.00. The molecule has 2 unspecified atom stereocenters. The number of hydrogen-bond donors (Lipinski definition) is 6. The van der Waals surface area contributed by atoms with Crippen LogP contribution in [0.15, 0.2) is 24.3 Å². The van der Waals surface area contributed by atoms with Crippen molar-refractivity contribution in [3.8, 4) is 0 Å². The summed E-state index contributed by atoms with van der Waals surface area (Å²) in [4.78, 5) is 130. The van der Waals surface area contributed by atoms with Gasteiger partial charge in [0.25, 0.3) is 11.8 Å². The van der Waals surface area contributed by atoms with Gasteiger partial charge in [-0.05, 0) is 67.6 Å². The molecular formula is C39H54N8O12S. The Bertz CT molecular complexity index is 1790. The average molecular weight is 859 g/mol. The van der Waals surface area contributed by atoms with Crippen LogP contribution in [-0.4, -0.2) is 106 Å². The number of primary amides is 2. The minimum absolute atomic E-state index is 0.00307. The molecule has 20 nitrogen and oxygen atoms in total. The van der Waals surface area contributed by atoms with Gasteiger partial charge in [0, 0.05) is 50.2 Å². The number of benzene rings is 1. The van der Waals surface area contributed by atoms with E-state index in [0.717, 1.165) is 12.8 Å². The molecule has 3 aliphatic rings. The van der Waals surface area contributed by atoms with Gasteiger partial charge in [-0.25, -0.2) is 14.4 Å². The van der Waals surface area contributed by atoms with Gasteiger partial charge in [0.15, 0.2) is 0 Å². The van der Waals surface area contributed by atoms with Gasteiger partial charge in [-0.15, -0.1) is 16.8 Å². The number of hydroxylamine groups is 2. The zero-order valence-electron chi connectivity index (χ0n) is 33.8. The lowest BCUT2D eigenvalue weighted by Gasteiger charge is -2.25. The van der Waals surface area contributed by atoms with Crippen molar-refractivity contribution in [1.29, 1.82) is 0 Å². The van der Waals surface area contributed by atoms with Crippen molar-refractivity contribution < 1.29 is 57.5 Å². The van der Waals surface area contributed by atoms with Crippen LogP contribution in [0.25, 0.3) is 0 Å². The van der Waals surface area contributed by atoms with E-state index in [2.05, 4.69) is 21.3 Å². The van der Waals surface area contributed by atoms with Crippen LogP contribution in [0, 0.1) is 11.3 Å². The summed E-state index contributed by atoms with van der Waals surface area (Å²) in [5.41, 5.74) is 10.8. The van der Waals surface area contributed by atoms with Gasteiger partial charge in [-0.3, -0.25) is 38.5 Å². The van der Waals surface area contributed by atoms with Crippen LogP contribution in [0.4, 0.5) is 15.3 Å². The maximum Gasteiger partial charge on any atom is 0.404 e. The Morgan fingerprint density at radius 3 is 2.18 bits per heavy atom. The number of imide groups is 2. The smallest absolute Gasteiger partial charge is 0.404 e. The quantitative estimate of drug-likeness (QED) is 0.0635. The molecule has 1 aromatic carbocycles. The topological polar surface area (TPSA) is 296 Å². The van der Waals surface area contributed by atoms with Gasteiger partial charge in [0.05, 0.1) is 11.7 Å². The van der Waals surface area contributed by atoms with Gasteiger partial charge in [-0.1, -0.05) is 32.4 Å². The lowest BCUT2D eigenvalue weighted by atomic mass is 10.0. The molecule has 8 N–H and O–H groups in total. The number of amides is 10. The number of carbonyl (C=O) groups is 10. The second-order valence-electron chi connectivity index (χ2n) is 15.5. The number of ether oxygens (including phenoxy) is 1. The normalized spacial score (nSPS) is 17.9. The maximum absolute atomic E-state index is 13.5. The van der Waals surface area contributed by atoms with E-state index in [-0.39, 0.29) is 76.0 Å². The number of likely N-dealkylation sites (tertiary alicyclic amines) is 1. The summed E-state index contributed by atoms with van der Waals surface area (Å²) < 4.78 is 4.76. The number of nitrogens with zero attached hydrogens (tertiary/aromatic N) is 2. The molecule has 60 heavy (non-hydrogen) atoms. The number of nitrogens with one attached hydrogen (secondary N) is 4. The molecule has 21 heteroatoms. The molecule has 1 aliphatic carbocycles. The Kier molecular flexibility index (Phi) is 17.2. The SMILES string of the molecule is CC(C)[C@H](NC(=O)CCCCCN1C(=O)CC(SCC2(CC(=O)ON3C(=O)CCC3=O)CC2)C1=O)C(=O)NC(CCCNC(N)=O)C(=O)Nc1ccc(COC(N)=O)cc1. The zero-order valence-corrected chi connectivity index (χ0v) is 34.6. The standard InChI is InChI=1S/C39H54N8O12S/c1-23(2)33(35(54)44-26(7-6-17-42-37(40)56)34(53)43-25-11-9-24(10-12-25)21-58-38(41)57)45-28(48)8-4-3-5-18-46-31(51)19-27(36(46)55)60-22-39(15-16-39)20-32(52)59-47-29(49)13-14-30(47)50/h9-12,23,26-27,33H,3-8,13-22H2,1-2H3,(H2,41,57)(H,43,53)(H,44,54)(H,45,48)(H3,40,42,56)/t26?,27?,33-/m0/s1. The third-order valence-corrected chi connectivity index (χ3v) is 11.8. The Balaban J connectivity index is 1.19. The molecule has 3 fully saturated rings. The molecule has 0 bridgehead atoms. The lowest BCUT2D eigenvalue weighted by molar-refractivity contribution is -0.198. The summed E-state index contributed by atoms with van der Waals surface area (Å²) in [7, 11) is 0. The summed E-state index contributed by atoms with van der Waals surface area (Å²) in [6.07, 6.45) is 2.46. The third-order valence-electron chi connectivity index (χ3n) is 10.2. The Hall–Kier alpha value is -5.73. The number of urea groups is 1. The van der Waals surface area contributed by atoms with Crippen LogP contribution < -0.4 is 32.7 Å². The fourth-order valence-corrected chi connectivity index (χ4v) is 8.05. The first-order valence-corrected chi connectivity index (χ1v) is 21.0. The van der Waals surface area contributed by atoms with Crippen LogP contribution in [0.1, 0.15) is 96.5 Å². The predicted octanol–water partition coefficient (Wildman–Crippen LogP) is 1.49. The molecule has 328 valence electrons. The molecular weight excluding hydrogens is 805 g/mol. The minimum atomic E-state index is -1.04. The molecule has 1 saturated carbocycles. The zero-order chi connectivity index (χ0) is 44.0. The van der Waals surface area contributed by atoms with Crippen LogP contribution >= 0.6 is 11.8 Å². The number of hydrogen-bond acceptors (Lipinski definition) is 13. The molecule has 4 rings (SSSR count). The largest absolute Gasteiger partial charge is 0.445 e. The van der Waals surface area contributed by atoms with Gasteiger partial charge < -0.3 is 42.3 Å². The number of thioether (sulfide) groups is 1. The van der Waals surface area contributed by atoms with Crippen LogP contribution in [0.3, 0.4) is 0 Å². The summed E-state index contributed by atoms with van der Waals surface area (Å²) in [5.74, 6) is -3.81.